The molecule has 1 aromatic heterocycles. The third-order valence-electron chi connectivity index (χ3n) is 7.04. The van der Waals surface area contributed by atoms with Crippen LogP contribution in [-0.2, 0) is 19.3 Å². The summed E-state index contributed by atoms with van der Waals surface area (Å²) in [5.74, 6) is -0.0228. The fraction of sp³-hybridized carbons (Fsp3) is 0.323. The molecular formula is C31H32O7. The van der Waals surface area contributed by atoms with E-state index in [0.717, 1.165) is 5.56 Å². The number of fused-ring (bicyclic) bond motifs is 3. The summed E-state index contributed by atoms with van der Waals surface area (Å²) in [6, 6.07) is 14.6. The summed E-state index contributed by atoms with van der Waals surface area (Å²) >= 11 is 0. The zero-order valence-electron chi connectivity index (χ0n) is 21.5. The lowest BCUT2D eigenvalue weighted by atomic mass is 9.92. The Balaban J connectivity index is 1.68. The molecule has 7 heteroatoms. The number of ether oxygens (including phenoxy) is 1. The Morgan fingerprint density at radius 1 is 1.00 bits per heavy atom. The van der Waals surface area contributed by atoms with Gasteiger partial charge in [0.1, 0.15) is 34.3 Å². The molecule has 5 rings (SSSR count). The third-order valence-corrected chi connectivity index (χ3v) is 7.04. The van der Waals surface area contributed by atoms with Crippen LogP contribution in [0.4, 0.5) is 0 Å². The van der Waals surface area contributed by atoms with Crippen LogP contribution in [0.3, 0.4) is 0 Å². The van der Waals surface area contributed by atoms with Crippen LogP contribution < -0.4 is 10.2 Å². The third kappa shape index (κ3) is 4.82. The number of phenols is 2. The van der Waals surface area contributed by atoms with Crippen molar-refractivity contribution in [2.24, 2.45) is 5.92 Å². The number of hydrogen-bond donors (Lipinski definition) is 4. The number of rotatable bonds is 7. The summed E-state index contributed by atoms with van der Waals surface area (Å²) in [7, 11) is 0. The van der Waals surface area contributed by atoms with Gasteiger partial charge in [-0.25, -0.2) is 0 Å². The summed E-state index contributed by atoms with van der Waals surface area (Å²) < 4.78 is 12.1. The lowest BCUT2D eigenvalue weighted by Gasteiger charge is -2.27. The monoisotopic (exact) mass is 516 g/mol. The van der Waals surface area contributed by atoms with E-state index >= 15 is 0 Å². The minimum Gasteiger partial charge on any atom is -0.507 e. The largest absolute Gasteiger partial charge is 0.507 e. The summed E-state index contributed by atoms with van der Waals surface area (Å²) in [6.45, 7) is 4.03. The highest BCUT2D eigenvalue weighted by atomic mass is 16.5. The van der Waals surface area contributed by atoms with Crippen LogP contribution >= 0.6 is 0 Å². The quantitative estimate of drug-likeness (QED) is 0.258. The van der Waals surface area contributed by atoms with Gasteiger partial charge in [0.15, 0.2) is 5.76 Å². The molecule has 0 fully saturated rings. The molecule has 4 N–H and O–H groups in total. The Labute approximate surface area is 220 Å². The first-order chi connectivity index (χ1) is 18.3. The zero-order valence-corrected chi connectivity index (χ0v) is 21.5. The lowest BCUT2D eigenvalue weighted by Crippen LogP contribution is -2.25. The molecule has 0 bridgehead atoms. The van der Waals surface area contributed by atoms with Gasteiger partial charge in [-0.2, -0.15) is 0 Å². The van der Waals surface area contributed by atoms with Crippen molar-refractivity contribution in [1.82, 2.24) is 0 Å². The first kappa shape index (κ1) is 25.7. The summed E-state index contributed by atoms with van der Waals surface area (Å²) in [6.07, 6.45) is 2.20. The van der Waals surface area contributed by atoms with Crippen molar-refractivity contribution in [2.45, 2.75) is 52.1 Å². The molecule has 0 spiro atoms. The van der Waals surface area contributed by atoms with Gasteiger partial charge >= 0.3 is 0 Å². The normalized spacial score (nSPS) is 15.0. The Morgan fingerprint density at radius 2 is 1.74 bits per heavy atom. The Bertz CT molecular complexity index is 1540. The van der Waals surface area contributed by atoms with Crippen LogP contribution in [-0.4, -0.2) is 33.1 Å². The second-order valence-electron chi connectivity index (χ2n) is 10.4. The van der Waals surface area contributed by atoms with E-state index in [0.29, 0.717) is 54.4 Å². The SMILES string of the molecule is CC(C)Cc1cc(-c2oc3cc(O)c4c(c3c(=O)c2O)O[C@H](CCO)CC4)cc(Cc2ccccc2)c1O. The molecule has 1 aliphatic heterocycles. The zero-order chi connectivity index (χ0) is 27.0. The smallest absolute Gasteiger partial charge is 0.238 e. The molecule has 4 aromatic rings. The van der Waals surface area contributed by atoms with E-state index in [4.69, 9.17) is 9.15 Å². The number of benzene rings is 3. The molecule has 1 aliphatic rings. The van der Waals surface area contributed by atoms with Crippen LogP contribution in [0.2, 0.25) is 0 Å². The van der Waals surface area contributed by atoms with E-state index in [1.54, 1.807) is 12.1 Å². The standard InChI is InChI=1S/C31H32O7/c1-17(2)12-19-14-21(15-20(27(19)34)13-18-6-4-3-5-7-18)30-29(36)28(35)26-25(38-30)16-24(33)23-9-8-22(10-11-32)37-31(23)26/h3-7,14-17,22,32-34,36H,8-13H2,1-2H3/t22-/m0/s1. The van der Waals surface area contributed by atoms with Crippen LogP contribution in [0.1, 0.15) is 48.9 Å². The molecule has 0 unspecified atom stereocenters. The first-order valence-electron chi connectivity index (χ1n) is 13.0. The van der Waals surface area contributed by atoms with Crippen molar-refractivity contribution < 1.29 is 29.6 Å². The van der Waals surface area contributed by atoms with Crippen molar-refractivity contribution in [3.8, 4) is 34.3 Å². The average Bonchev–Trinajstić information content (AvgIpc) is 2.89. The van der Waals surface area contributed by atoms with Gasteiger partial charge in [-0.3, -0.25) is 4.79 Å². The summed E-state index contributed by atoms with van der Waals surface area (Å²) in [5.41, 5.74) is 2.71. The molecule has 7 nitrogen and oxygen atoms in total. The molecule has 0 aliphatic carbocycles. The topological polar surface area (TPSA) is 120 Å². The van der Waals surface area contributed by atoms with Gasteiger partial charge in [-0.05, 0) is 54.0 Å². The molecule has 0 saturated heterocycles. The van der Waals surface area contributed by atoms with Crippen LogP contribution in [0, 0.1) is 5.92 Å². The maximum absolute atomic E-state index is 13.5. The summed E-state index contributed by atoms with van der Waals surface area (Å²) in [4.78, 5) is 13.5. The van der Waals surface area contributed by atoms with Gasteiger partial charge < -0.3 is 29.6 Å². The molecule has 3 aromatic carbocycles. The van der Waals surface area contributed by atoms with Crippen LogP contribution in [0.15, 0.2) is 57.7 Å². The first-order valence-corrected chi connectivity index (χ1v) is 13.0. The molecule has 0 amide bonds. The number of phenolic OH excluding ortho intramolecular Hbond substituents is 2. The number of hydrogen-bond acceptors (Lipinski definition) is 7. The maximum Gasteiger partial charge on any atom is 0.238 e. The van der Waals surface area contributed by atoms with Crippen LogP contribution in [0.5, 0.6) is 23.0 Å². The number of aliphatic hydroxyl groups is 1. The van der Waals surface area contributed by atoms with Crippen LogP contribution in [0.25, 0.3) is 22.3 Å². The van der Waals surface area contributed by atoms with E-state index in [9.17, 15) is 25.2 Å². The van der Waals surface area contributed by atoms with Gasteiger partial charge in [-0.15, -0.1) is 0 Å². The molecule has 38 heavy (non-hydrogen) atoms. The van der Waals surface area contributed by atoms with Gasteiger partial charge in [-0.1, -0.05) is 44.2 Å². The summed E-state index contributed by atoms with van der Waals surface area (Å²) in [5, 5.41) is 42.3. The molecule has 0 saturated carbocycles. The van der Waals surface area contributed by atoms with Crippen molar-refractivity contribution in [2.75, 3.05) is 6.61 Å². The molecule has 1 atom stereocenters. The van der Waals surface area contributed by atoms with Gasteiger partial charge in [0.05, 0.1) is 0 Å². The number of aliphatic hydroxyl groups excluding tert-OH is 1. The predicted molar refractivity (Wildman–Crippen MR) is 145 cm³/mol. The van der Waals surface area contributed by atoms with Gasteiger partial charge in [0.25, 0.3) is 0 Å². The molecule has 2 heterocycles. The molecular weight excluding hydrogens is 484 g/mol. The van der Waals surface area contributed by atoms with E-state index in [-0.39, 0.29) is 52.6 Å². The fourth-order valence-electron chi connectivity index (χ4n) is 5.22. The molecule has 0 radical (unpaired) electrons. The maximum atomic E-state index is 13.5. The van der Waals surface area contributed by atoms with Crippen molar-refractivity contribution in [3.63, 3.8) is 0 Å². The Hall–Kier alpha value is -3.97. The minimum absolute atomic E-state index is 0.0381. The lowest BCUT2D eigenvalue weighted by molar-refractivity contribution is 0.134. The van der Waals surface area contributed by atoms with Crippen molar-refractivity contribution >= 4 is 11.0 Å². The predicted octanol–water partition coefficient (Wildman–Crippen LogP) is 5.44. The van der Waals surface area contributed by atoms with Gasteiger partial charge in [0.2, 0.25) is 11.2 Å². The van der Waals surface area contributed by atoms with E-state index in [2.05, 4.69) is 0 Å². The van der Waals surface area contributed by atoms with Crippen molar-refractivity contribution in [1.29, 1.82) is 0 Å². The van der Waals surface area contributed by atoms with Gasteiger partial charge in [0, 0.05) is 36.6 Å². The van der Waals surface area contributed by atoms with E-state index in [1.165, 1.54) is 6.07 Å². The fourth-order valence-corrected chi connectivity index (χ4v) is 5.22. The number of aromatic hydroxyl groups is 3. The highest BCUT2D eigenvalue weighted by molar-refractivity contribution is 5.90. The average molecular weight is 517 g/mol. The highest BCUT2D eigenvalue weighted by Crippen LogP contribution is 2.43. The highest BCUT2D eigenvalue weighted by Gasteiger charge is 2.29. The Morgan fingerprint density at radius 3 is 2.45 bits per heavy atom. The molecule has 198 valence electrons. The second kappa shape index (κ2) is 10.4. The Kier molecular flexibility index (Phi) is 7.04. The van der Waals surface area contributed by atoms with E-state index < -0.39 is 11.2 Å². The van der Waals surface area contributed by atoms with E-state index in [1.807, 2.05) is 44.2 Å². The second-order valence-corrected chi connectivity index (χ2v) is 10.4. The van der Waals surface area contributed by atoms with Crippen molar-refractivity contribution in [3.05, 3.63) is 81.0 Å². The minimum atomic E-state index is -0.662.